The maximum Gasteiger partial charge on any atom is 0.115 e. The van der Waals surface area contributed by atoms with Crippen molar-refractivity contribution < 1.29 is 9.84 Å². The molecule has 1 fully saturated rings. The summed E-state index contributed by atoms with van der Waals surface area (Å²) in [6.45, 7) is 3.91. The standard InChI is InChI=1S/C21H27Cl2N2O2/c22-17-3-1-16(2-4-17)14-25-11-9-19(10-12-25)24-13-20(26)15-27-21-7-5-18(23)6-8-21/h1-5,7-8,19-20,24,26H,6,9-15H2/t20-/m0/s1. The minimum atomic E-state index is -0.521. The molecule has 2 N–H and O–H groups in total. The number of hydrogen-bond donors (Lipinski definition) is 2. The lowest BCUT2D eigenvalue weighted by molar-refractivity contribution is 0.0681. The number of benzene rings is 1. The van der Waals surface area contributed by atoms with E-state index in [1.54, 1.807) is 0 Å². The highest BCUT2D eigenvalue weighted by molar-refractivity contribution is 6.30. The van der Waals surface area contributed by atoms with Crippen LogP contribution in [0.25, 0.3) is 0 Å². The number of nitrogens with zero attached hydrogens (tertiary/aromatic N) is 1. The Morgan fingerprint density at radius 2 is 1.89 bits per heavy atom. The van der Waals surface area contributed by atoms with Crippen LogP contribution in [0.5, 0.6) is 0 Å². The second-order valence-corrected chi connectivity index (χ2v) is 8.06. The molecule has 1 aromatic rings. The number of nitrogens with one attached hydrogen (secondary N) is 1. The molecule has 6 heteroatoms. The number of aliphatic hydroxyl groups is 1. The number of hydrogen-bond acceptors (Lipinski definition) is 4. The highest BCUT2D eigenvalue weighted by atomic mass is 35.5. The monoisotopic (exact) mass is 409 g/mol. The summed E-state index contributed by atoms with van der Waals surface area (Å²) >= 11 is 11.8. The largest absolute Gasteiger partial charge is 0.495 e. The zero-order valence-electron chi connectivity index (χ0n) is 15.4. The van der Waals surface area contributed by atoms with Gasteiger partial charge in [0.2, 0.25) is 0 Å². The number of halogens is 2. The van der Waals surface area contributed by atoms with E-state index >= 15 is 0 Å². The molecule has 1 heterocycles. The van der Waals surface area contributed by atoms with Crippen LogP contribution >= 0.6 is 23.2 Å². The van der Waals surface area contributed by atoms with Crippen LogP contribution in [0.1, 0.15) is 24.8 Å². The van der Waals surface area contributed by atoms with Crippen LogP contribution < -0.4 is 5.32 Å². The lowest BCUT2D eigenvalue weighted by Crippen LogP contribution is -2.44. The van der Waals surface area contributed by atoms with Gasteiger partial charge >= 0.3 is 0 Å². The summed E-state index contributed by atoms with van der Waals surface area (Å²) in [5.41, 5.74) is 1.29. The second-order valence-electron chi connectivity index (χ2n) is 7.14. The fraction of sp³-hybridized carbons (Fsp3) is 0.476. The molecule has 1 aliphatic heterocycles. The minimum absolute atomic E-state index is 0.288. The molecule has 1 aromatic carbocycles. The van der Waals surface area contributed by atoms with Gasteiger partial charge in [-0.3, -0.25) is 4.90 Å². The molecular formula is C21H27Cl2N2O2. The molecule has 2 aliphatic rings. The van der Waals surface area contributed by atoms with Crippen molar-refractivity contribution >= 4 is 23.2 Å². The van der Waals surface area contributed by atoms with Crippen molar-refractivity contribution in [3.63, 3.8) is 0 Å². The first kappa shape index (κ1) is 20.7. The summed E-state index contributed by atoms with van der Waals surface area (Å²) in [5, 5.41) is 15.2. The van der Waals surface area contributed by atoms with Crippen LogP contribution in [0.4, 0.5) is 0 Å². The van der Waals surface area contributed by atoms with Gasteiger partial charge in [0, 0.05) is 35.6 Å². The second kappa shape index (κ2) is 10.5. The molecule has 1 aliphatic carbocycles. The Labute approximate surface area is 171 Å². The van der Waals surface area contributed by atoms with Gasteiger partial charge in [-0.15, -0.1) is 0 Å². The Balaban J connectivity index is 1.30. The first-order valence-corrected chi connectivity index (χ1v) is 10.2. The Kier molecular flexibility index (Phi) is 8.04. The van der Waals surface area contributed by atoms with Crippen LogP contribution in [0.2, 0.25) is 5.02 Å². The molecule has 0 spiro atoms. The van der Waals surface area contributed by atoms with Gasteiger partial charge in [0.25, 0.3) is 0 Å². The number of ether oxygens (including phenoxy) is 1. The van der Waals surface area contributed by atoms with Gasteiger partial charge in [-0.2, -0.15) is 0 Å². The number of allylic oxidation sites excluding steroid dienone is 4. The van der Waals surface area contributed by atoms with E-state index in [0.29, 0.717) is 19.0 Å². The van der Waals surface area contributed by atoms with Gasteiger partial charge in [-0.25, -0.2) is 0 Å². The Hall–Kier alpha value is -1.04. The third kappa shape index (κ3) is 7.13. The zero-order valence-corrected chi connectivity index (χ0v) is 16.9. The van der Waals surface area contributed by atoms with E-state index in [0.717, 1.165) is 48.3 Å². The Morgan fingerprint density at radius 1 is 1.15 bits per heavy atom. The maximum absolute atomic E-state index is 10.1. The zero-order chi connectivity index (χ0) is 19.1. The summed E-state index contributed by atoms with van der Waals surface area (Å²) in [6, 6.07) is 8.52. The molecule has 3 rings (SSSR count). The van der Waals surface area contributed by atoms with Crippen LogP contribution in [0.3, 0.4) is 0 Å². The first-order chi connectivity index (χ1) is 13.1. The van der Waals surface area contributed by atoms with Crippen molar-refractivity contribution in [2.45, 2.75) is 38.0 Å². The van der Waals surface area contributed by atoms with E-state index in [4.69, 9.17) is 27.9 Å². The van der Waals surface area contributed by atoms with Crippen molar-refractivity contribution in [2.75, 3.05) is 26.2 Å². The first-order valence-electron chi connectivity index (χ1n) is 9.49. The highest BCUT2D eigenvalue weighted by Crippen LogP contribution is 2.21. The summed E-state index contributed by atoms with van der Waals surface area (Å²) in [6.07, 6.45) is 7.94. The summed E-state index contributed by atoms with van der Waals surface area (Å²) in [4.78, 5) is 2.46. The van der Waals surface area contributed by atoms with Crippen LogP contribution in [-0.2, 0) is 11.3 Å². The molecule has 27 heavy (non-hydrogen) atoms. The van der Waals surface area contributed by atoms with E-state index in [9.17, 15) is 5.11 Å². The molecule has 0 aromatic heterocycles. The van der Waals surface area contributed by atoms with Crippen molar-refractivity contribution in [1.29, 1.82) is 0 Å². The van der Waals surface area contributed by atoms with Gasteiger partial charge < -0.3 is 15.2 Å². The molecule has 4 nitrogen and oxygen atoms in total. The molecule has 147 valence electrons. The maximum atomic E-state index is 10.1. The quantitative estimate of drug-likeness (QED) is 0.683. The van der Waals surface area contributed by atoms with Gasteiger partial charge in [0.15, 0.2) is 0 Å². The lowest BCUT2D eigenvalue weighted by atomic mass is 10.0. The third-order valence-electron chi connectivity index (χ3n) is 4.92. The fourth-order valence-corrected chi connectivity index (χ4v) is 3.58. The van der Waals surface area contributed by atoms with E-state index in [-0.39, 0.29) is 6.61 Å². The average Bonchev–Trinajstić information content (AvgIpc) is 2.69. The third-order valence-corrected chi connectivity index (χ3v) is 5.45. The molecular weight excluding hydrogens is 383 g/mol. The minimum Gasteiger partial charge on any atom is -0.495 e. The van der Waals surface area contributed by atoms with Gasteiger partial charge in [0.05, 0.1) is 0 Å². The Bertz CT molecular complexity index is 653. The smallest absolute Gasteiger partial charge is 0.115 e. The van der Waals surface area contributed by atoms with E-state index in [2.05, 4.69) is 22.3 Å². The summed E-state index contributed by atoms with van der Waals surface area (Å²) < 4.78 is 5.62. The van der Waals surface area contributed by atoms with E-state index in [1.165, 1.54) is 5.56 Å². The number of aliphatic hydroxyl groups excluding tert-OH is 1. The predicted molar refractivity (Wildman–Crippen MR) is 111 cm³/mol. The van der Waals surface area contributed by atoms with Crippen molar-refractivity contribution in [3.05, 3.63) is 64.2 Å². The van der Waals surface area contributed by atoms with Crippen LogP contribution in [0, 0.1) is 6.42 Å². The van der Waals surface area contributed by atoms with Crippen LogP contribution in [-0.4, -0.2) is 48.4 Å². The highest BCUT2D eigenvalue weighted by Gasteiger charge is 2.20. The van der Waals surface area contributed by atoms with Gasteiger partial charge in [-0.05, 0) is 62.2 Å². The molecule has 1 atom stereocenters. The number of piperidine rings is 1. The lowest BCUT2D eigenvalue weighted by Gasteiger charge is -2.33. The van der Waals surface area contributed by atoms with Crippen LogP contribution in [0.15, 0.2) is 47.2 Å². The fourth-order valence-electron chi connectivity index (χ4n) is 3.31. The van der Waals surface area contributed by atoms with Crippen molar-refractivity contribution in [2.24, 2.45) is 0 Å². The number of rotatable bonds is 8. The summed E-state index contributed by atoms with van der Waals surface area (Å²) in [5.74, 6) is 0.772. The van der Waals surface area contributed by atoms with Gasteiger partial charge in [0.1, 0.15) is 18.5 Å². The average molecular weight is 410 g/mol. The van der Waals surface area contributed by atoms with E-state index < -0.39 is 6.10 Å². The van der Waals surface area contributed by atoms with E-state index in [1.807, 2.05) is 30.7 Å². The number of likely N-dealkylation sites (tertiary alicyclic amines) is 1. The topological polar surface area (TPSA) is 44.7 Å². The molecule has 1 radical (unpaired) electrons. The summed E-state index contributed by atoms with van der Waals surface area (Å²) in [7, 11) is 0. The SMILES string of the molecule is O[C@@H](CNC1CCN(Cc2ccc(Cl)cc2)CC1)COC1=CC=C(Cl)C[CH]1. The van der Waals surface area contributed by atoms with Crippen molar-refractivity contribution in [1.82, 2.24) is 10.2 Å². The van der Waals surface area contributed by atoms with Crippen molar-refractivity contribution in [3.8, 4) is 0 Å². The molecule has 0 unspecified atom stereocenters. The Morgan fingerprint density at radius 3 is 2.56 bits per heavy atom. The predicted octanol–water partition coefficient (Wildman–Crippen LogP) is 3.89. The molecule has 0 bridgehead atoms. The molecule has 0 amide bonds. The molecule has 1 saturated heterocycles. The molecule has 0 saturated carbocycles. The normalized spacial score (nSPS) is 20.1. The van der Waals surface area contributed by atoms with Gasteiger partial charge in [-0.1, -0.05) is 35.3 Å².